The molecule has 0 aliphatic heterocycles. The lowest BCUT2D eigenvalue weighted by Crippen LogP contribution is -2.36. The molecule has 1 aromatic rings. The van der Waals surface area contributed by atoms with Crippen LogP contribution in [0.3, 0.4) is 0 Å². The summed E-state index contributed by atoms with van der Waals surface area (Å²) in [5.74, 6) is -1.49. The third-order valence-corrected chi connectivity index (χ3v) is 4.84. The Balaban J connectivity index is 1.90. The highest BCUT2D eigenvalue weighted by atomic mass is 16.8. The summed E-state index contributed by atoms with van der Waals surface area (Å²) < 4.78 is 15.4. The molecule has 5 heteroatoms. The summed E-state index contributed by atoms with van der Waals surface area (Å²) in [7, 11) is 0. The molecule has 1 saturated carbocycles. The maximum atomic E-state index is 12.5. The SMILES string of the molecule is CC(C)OC(=O)OC(C)(C)OC(=O)C(C)c1ccc(CC2CCCC2)cc1. The second-order valence-corrected chi connectivity index (χ2v) is 8.16. The molecule has 1 unspecified atom stereocenters. The fraction of sp³-hybridized carbons (Fsp3) is 0.636. The van der Waals surface area contributed by atoms with Gasteiger partial charge < -0.3 is 14.2 Å². The lowest BCUT2D eigenvalue weighted by Gasteiger charge is -2.26. The number of hydrogen-bond donors (Lipinski definition) is 0. The predicted molar refractivity (Wildman–Crippen MR) is 103 cm³/mol. The third kappa shape index (κ3) is 6.89. The zero-order valence-corrected chi connectivity index (χ0v) is 17.1. The summed E-state index contributed by atoms with van der Waals surface area (Å²) in [6, 6.07) is 8.16. The van der Waals surface area contributed by atoms with Crippen LogP contribution in [0.4, 0.5) is 4.79 Å². The van der Waals surface area contributed by atoms with E-state index in [0.717, 1.165) is 17.9 Å². The smallest absolute Gasteiger partial charge is 0.431 e. The Morgan fingerprint density at radius 3 is 2.19 bits per heavy atom. The summed E-state index contributed by atoms with van der Waals surface area (Å²) in [4.78, 5) is 24.1. The van der Waals surface area contributed by atoms with Crippen molar-refractivity contribution in [1.82, 2.24) is 0 Å². The summed E-state index contributed by atoms with van der Waals surface area (Å²) >= 11 is 0. The van der Waals surface area contributed by atoms with Gasteiger partial charge in [-0.05, 0) is 44.2 Å². The van der Waals surface area contributed by atoms with Gasteiger partial charge in [0, 0.05) is 13.8 Å². The molecule has 150 valence electrons. The third-order valence-electron chi connectivity index (χ3n) is 4.84. The number of ether oxygens (including phenoxy) is 3. The first-order chi connectivity index (χ1) is 12.7. The van der Waals surface area contributed by atoms with E-state index in [4.69, 9.17) is 14.2 Å². The normalized spacial score (nSPS) is 16.2. The monoisotopic (exact) mass is 376 g/mol. The molecule has 0 radical (unpaired) electrons. The van der Waals surface area contributed by atoms with Crippen molar-refractivity contribution >= 4 is 12.1 Å². The molecule has 1 fully saturated rings. The highest BCUT2D eigenvalue weighted by molar-refractivity contribution is 5.78. The van der Waals surface area contributed by atoms with Crippen molar-refractivity contribution in [3.8, 4) is 0 Å². The van der Waals surface area contributed by atoms with Crippen LogP contribution in [0.2, 0.25) is 0 Å². The molecule has 1 aliphatic rings. The molecule has 0 saturated heterocycles. The lowest BCUT2D eigenvalue weighted by atomic mass is 9.95. The Morgan fingerprint density at radius 1 is 1.04 bits per heavy atom. The van der Waals surface area contributed by atoms with Crippen molar-refractivity contribution in [3.63, 3.8) is 0 Å². The molecule has 1 aromatic carbocycles. The molecule has 2 rings (SSSR count). The van der Waals surface area contributed by atoms with Crippen molar-refractivity contribution in [3.05, 3.63) is 35.4 Å². The average Bonchev–Trinajstić information content (AvgIpc) is 3.06. The number of benzene rings is 1. The van der Waals surface area contributed by atoms with Gasteiger partial charge in [0.05, 0.1) is 12.0 Å². The Bertz CT molecular complexity index is 627. The summed E-state index contributed by atoms with van der Waals surface area (Å²) in [5.41, 5.74) is 2.20. The molecule has 5 nitrogen and oxygen atoms in total. The fourth-order valence-electron chi connectivity index (χ4n) is 3.39. The average molecular weight is 376 g/mol. The molecule has 0 bridgehead atoms. The summed E-state index contributed by atoms with van der Waals surface area (Å²) in [6.07, 6.45) is 5.27. The van der Waals surface area contributed by atoms with E-state index in [1.165, 1.54) is 45.1 Å². The molecule has 1 atom stereocenters. The van der Waals surface area contributed by atoms with E-state index in [-0.39, 0.29) is 6.10 Å². The van der Waals surface area contributed by atoms with Crippen molar-refractivity contribution in [1.29, 1.82) is 0 Å². The molecule has 0 N–H and O–H groups in total. The quantitative estimate of drug-likeness (QED) is 0.473. The lowest BCUT2D eigenvalue weighted by molar-refractivity contribution is -0.203. The first-order valence-electron chi connectivity index (χ1n) is 9.87. The first kappa shape index (κ1) is 21.3. The number of rotatable bonds is 7. The Hall–Kier alpha value is -2.04. The number of carbonyl (C=O) groups is 2. The zero-order chi connectivity index (χ0) is 20.0. The van der Waals surface area contributed by atoms with Crippen molar-refractivity contribution in [2.24, 2.45) is 5.92 Å². The summed E-state index contributed by atoms with van der Waals surface area (Å²) in [6.45, 7) is 8.27. The van der Waals surface area contributed by atoms with Gasteiger partial charge in [0.1, 0.15) is 0 Å². The van der Waals surface area contributed by atoms with Gasteiger partial charge in [-0.25, -0.2) is 4.79 Å². The maximum absolute atomic E-state index is 12.5. The minimum Gasteiger partial charge on any atom is -0.431 e. The predicted octanol–water partition coefficient (Wildman–Crippen LogP) is 5.36. The first-order valence-corrected chi connectivity index (χ1v) is 9.87. The van der Waals surface area contributed by atoms with E-state index in [1.807, 2.05) is 12.1 Å². The van der Waals surface area contributed by atoms with E-state index in [9.17, 15) is 9.59 Å². The zero-order valence-electron chi connectivity index (χ0n) is 17.1. The highest BCUT2D eigenvalue weighted by Crippen LogP contribution is 2.29. The maximum Gasteiger partial charge on any atom is 0.511 e. The van der Waals surface area contributed by atoms with Gasteiger partial charge in [-0.3, -0.25) is 4.79 Å². The van der Waals surface area contributed by atoms with E-state index < -0.39 is 23.8 Å². The minimum atomic E-state index is -1.39. The molecule has 27 heavy (non-hydrogen) atoms. The van der Waals surface area contributed by atoms with Gasteiger partial charge in [-0.2, -0.15) is 0 Å². The van der Waals surface area contributed by atoms with Gasteiger partial charge in [0.2, 0.25) is 0 Å². The number of carbonyl (C=O) groups excluding carboxylic acids is 2. The Kier molecular flexibility index (Phi) is 7.28. The Morgan fingerprint density at radius 2 is 1.63 bits per heavy atom. The largest absolute Gasteiger partial charge is 0.511 e. The van der Waals surface area contributed by atoms with Crippen molar-refractivity contribution < 1.29 is 23.8 Å². The van der Waals surface area contributed by atoms with E-state index in [0.29, 0.717) is 0 Å². The molecule has 0 aromatic heterocycles. The van der Waals surface area contributed by atoms with E-state index in [2.05, 4.69) is 12.1 Å². The second kappa shape index (κ2) is 9.25. The van der Waals surface area contributed by atoms with E-state index >= 15 is 0 Å². The van der Waals surface area contributed by atoms with Crippen LogP contribution in [0.15, 0.2) is 24.3 Å². The molecule has 1 aliphatic carbocycles. The molecular weight excluding hydrogens is 344 g/mol. The van der Waals surface area contributed by atoms with Crippen LogP contribution in [0, 0.1) is 5.92 Å². The molecule has 0 spiro atoms. The standard InChI is InChI=1S/C22H32O5/c1-15(2)25-21(24)27-22(4,5)26-20(23)16(3)19-12-10-18(11-13-19)14-17-8-6-7-9-17/h10-13,15-17H,6-9,14H2,1-5H3. The van der Waals surface area contributed by atoms with Gasteiger partial charge >= 0.3 is 12.1 Å². The van der Waals surface area contributed by atoms with Crippen LogP contribution >= 0.6 is 0 Å². The second-order valence-electron chi connectivity index (χ2n) is 8.16. The van der Waals surface area contributed by atoms with Crippen LogP contribution < -0.4 is 0 Å². The van der Waals surface area contributed by atoms with Crippen LogP contribution in [0.1, 0.15) is 77.3 Å². The van der Waals surface area contributed by atoms with Gasteiger partial charge in [0.15, 0.2) is 0 Å². The molecule has 0 heterocycles. The fourth-order valence-corrected chi connectivity index (χ4v) is 3.39. The topological polar surface area (TPSA) is 61.8 Å². The van der Waals surface area contributed by atoms with Crippen molar-refractivity contribution in [2.45, 2.75) is 84.5 Å². The Labute approximate surface area is 162 Å². The van der Waals surface area contributed by atoms with Crippen LogP contribution in [0.5, 0.6) is 0 Å². The highest BCUT2D eigenvalue weighted by Gasteiger charge is 2.31. The van der Waals surface area contributed by atoms with Crippen molar-refractivity contribution in [2.75, 3.05) is 0 Å². The van der Waals surface area contributed by atoms with Gasteiger partial charge in [-0.15, -0.1) is 0 Å². The molecule has 0 amide bonds. The van der Waals surface area contributed by atoms with Gasteiger partial charge in [-0.1, -0.05) is 49.9 Å². The van der Waals surface area contributed by atoms with Gasteiger partial charge in [0.25, 0.3) is 5.79 Å². The van der Waals surface area contributed by atoms with E-state index in [1.54, 1.807) is 20.8 Å². The van der Waals surface area contributed by atoms with Crippen LogP contribution in [-0.4, -0.2) is 24.0 Å². The molecular formula is C22H32O5. The van der Waals surface area contributed by atoms with Crippen LogP contribution in [-0.2, 0) is 25.4 Å². The number of hydrogen-bond acceptors (Lipinski definition) is 5. The minimum absolute atomic E-state index is 0.300. The van der Waals surface area contributed by atoms with Crippen LogP contribution in [0.25, 0.3) is 0 Å². The number of esters is 1. The summed E-state index contributed by atoms with van der Waals surface area (Å²) in [5, 5.41) is 0.